The highest BCUT2D eigenvalue weighted by Crippen LogP contribution is 2.34. The van der Waals surface area contributed by atoms with E-state index in [-0.39, 0.29) is 17.5 Å². The van der Waals surface area contributed by atoms with Gasteiger partial charge in [0.05, 0.1) is 17.5 Å². The first-order valence-electron chi connectivity index (χ1n) is 7.22. The predicted molar refractivity (Wildman–Crippen MR) is 77.1 cm³/mol. The fraction of sp³-hybridized carbons (Fsp3) is 0.312. The summed E-state index contributed by atoms with van der Waals surface area (Å²) in [5.74, 6) is -3.97. The zero-order chi connectivity index (χ0) is 16.6. The Morgan fingerprint density at radius 2 is 1.74 bits per heavy atom. The summed E-state index contributed by atoms with van der Waals surface area (Å²) in [4.78, 5) is 37.3. The lowest BCUT2D eigenvalue weighted by Crippen LogP contribution is -2.38. The largest absolute Gasteiger partial charge is 0.322 e. The molecular formula is C16H14F2N2O3. The van der Waals surface area contributed by atoms with Gasteiger partial charge < -0.3 is 5.32 Å². The molecule has 1 fully saturated rings. The van der Waals surface area contributed by atoms with Gasteiger partial charge in [0.1, 0.15) is 18.2 Å². The van der Waals surface area contributed by atoms with Crippen LogP contribution in [0.4, 0.5) is 14.5 Å². The SMILES string of the molecule is O=C(CN1C(=O)[C@@H]2CC=CC[C@H]2C1=O)Nc1ccc(F)cc1F. The number of fused-ring (bicyclic) bond motifs is 1. The third-order valence-corrected chi connectivity index (χ3v) is 4.11. The fourth-order valence-corrected chi connectivity index (χ4v) is 2.95. The summed E-state index contributed by atoms with van der Waals surface area (Å²) in [5, 5.41) is 2.24. The van der Waals surface area contributed by atoms with E-state index in [9.17, 15) is 23.2 Å². The van der Waals surface area contributed by atoms with E-state index in [1.165, 1.54) is 0 Å². The van der Waals surface area contributed by atoms with Gasteiger partial charge in [-0.2, -0.15) is 0 Å². The lowest BCUT2D eigenvalue weighted by molar-refractivity contribution is -0.142. The number of likely N-dealkylation sites (tertiary alicyclic amines) is 1. The Morgan fingerprint density at radius 1 is 1.13 bits per heavy atom. The number of hydrogen-bond donors (Lipinski definition) is 1. The number of halogens is 2. The van der Waals surface area contributed by atoms with Crippen molar-refractivity contribution in [3.63, 3.8) is 0 Å². The molecule has 0 aromatic heterocycles. The van der Waals surface area contributed by atoms with Crippen molar-refractivity contribution in [1.29, 1.82) is 0 Å². The summed E-state index contributed by atoms with van der Waals surface area (Å²) < 4.78 is 26.3. The monoisotopic (exact) mass is 320 g/mol. The quantitative estimate of drug-likeness (QED) is 0.683. The van der Waals surface area contributed by atoms with Gasteiger partial charge >= 0.3 is 0 Å². The van der Waals surface area contributed by atoms with Crippen molar-refractivity contribution in [2.24, 2.45) is 11.8 Å². The molecule has 1 aliphatic carbocycles. The van der Waals surface area contributed by atoms with Crippen molar-refractivity contribution in [3.05, 3.63) is 42.0 Å². The third-order valence-electron chi connectivity index (χ3n) is 4.11. The minimum absolute atomic E-state index is 0.199. The van der Waals surface area contributed by atoms with Crippen LogP contribution in [0, 0.1) is 23.5 Å². The molecule has 3 amide bonds. The Hall–Kier alpha value is -2.57. The second-order valence-electron chi connectivity index (χ2n) is 5.59. The van der Waals surface area contributed by atoms with E-state index >= 15 is 0 Å². The van der Waals surface area contributed by atoms with Gasteiger partial charge in [0, 0.05) is 6.07 Å². The Bertz CT molecular complexity index is 691. The normalized spacial score (nSPS) is 23.1. The van der Waals surface area contributed by atoms with Crippen LogP contribution >= 0.6 is 0 Å². The molecule has 2 atom stereocenters. The molecule has 0 radical (unpaired) electrons. The average Bonchev–Trinajstić information content (AvgIpc) is 2.76. The van der Waals surface area contributed by atoms with Gasteiger partial charge in [-0.25, -0.2) is 8.78 Å². The second-order valence-corrected chi connectivity index (χ2v) is 5.59. The molecule has 1 saturated heterocycles. The molecule has 1 aliphatic heterocycles. The van der Waals surface area contributed by atoms with Crippen LogP contribution in [0.25, 0.3) is 0 Å². The zero-order valence-corrected chi connectivity index (χ0v) is 12.1. The van der Waals surface area contributed by atoms with Crippen LogP contribution in [-0.2, 0) is 14.4 Å². The third kappa shape index (κ3) is 2.86. The number of carbonyl (C=O) groups excluding carboxylic acids is 3. The molecule has 0 bridgehead atoms. The zero-order valence-electron chi connectivity index (χ0n) is 12.1. The Kier molecular flexibility index (Phi) is 3.94. The Morgan fingerprint density at radius 3 is 2.30 bits per heavy atom. The van der Waals surface area contributed by atoms with Crippen LogP contribution in [0.1, 0.15) is 12.8 Å². The van der Waals surface area contributed by atoms with E-state index in [1.807, 2.05) is 12.2 Å². The molecule has 0 spiro atoms. The minimum Gasteiger partial charge on any atom is -0.322 e. The van der Waals surface area contributed by atoms with E-state index in [0.29, 0.717) is 18.9 Å². The van der Waals surface area contributed by atoms with Gasteiger partial charge in [-0.3, -0.25) is 19.3 Å². The topological polar surface area (TPSA) is 66.5 Å². The first-order valence-corrected chi connectivity index (χ1v) is 7.22. The standard InChI is InChI=1S/C16H14F2N2O3/c17-9-5-6-13(12(18)7-9)19-14(21)8-20-15(22)10-3-1-2-4-11(10)16(20)23/h1-2,5-7,10-11H,3-4,8H2,(H,19,21)/t10-,11-/m1/s1. The summed E-state index contributed by atoms with van der Waals surface area (Å²) in [6, 6.07) is 2.73. The highest BCUT2D eigenvalue weighted by atomic mass is 19.1. The van der Waals surface area contributed by atoms with Crippen LogP contribution < -0.4 is 5.32 Å². The van der Waals surface area contributed by atoms with E-state index in [1.54, 1.807) is 0 Å². The molecule has 2 aliphatic rings. The number of hydrogen-bond acceptors (Lipinski definition) is 3. The summed E-state index contributed by atoms with van der Waals surface area (Å²) in [7, 11) is 0. The Balaban J connectivity index is 1.68. The number of nitrogens with zero attached hydrogens (tertiary/aromatic N) is 1. The van der Waals surface area contributed by atoms with E-state index < -0.39 is 35.9 Å². The second kappa shape index (κ2) is 5.91. The van der Waals surface area contributed by atoms with Crippen molar-refractivity contribution in [2.45, 2.75) is 12.8 Å². The summed E-state index contributed by atoms with van der Waals surface area (Å²) in [6.45, 7) is -0.471. The van der Waals surface area contributed by atoms with Crippen LogP contribution in [0.3, 0.4) is 0 Å². The molecule has 1 N–H and O–H groups in total. The molecule has 5 nitrogen and oxygen atoms in total. The lowest BCUT2D eigenvalue weighted by Gasteiger charge is -2.14. The molecule has 0 saturated carbocycles. The first-order chi connectivity index (χ1) is 11.0. The van der Waals surface area contributed by atoms with Gasteiger partial charge in [-0.15, -0.1) is 0 Å². The van der Waals surface area contributed by atoms with Gasteiger partial charge in [0.25, 0.3) is 0 Å². The maximum Gasteiger partial charge on any atom is 0.244 e. The van der Waals surface area contributed by atoms with Gasteiger partial charge in [-0.05, 0) is 25.0 Å². The first kappa shape index (κ1) is 15.3. The maximum atomic E-state index is 13.5. The number of nitrogens with one attached hydrogen (secondary N) is 1. The van der Waals surface area contributed by atoms with Gasteiger partial charge in [0.15, 0.2) is 0 Å². The van der Waals surface area contributed by atoms with Crippen LogP contribution in [0.2, 0.25) is 0 Å². The minimum atomic E-state index is -0.921. The molecule has 1 aromatic carbocycles. The average molecular weight is 320 g/mol. The number of imide groups is 1. The molecule has 1 heterocycles. The smallest absolute Gasteiger partial charge is 0.244 e. The number of anilines is 1. The molecule has 23 heavy (non-hydrogen) atoms. The summed E-state index contributed by atoms with van der Waals surface area (Å²) in [6.07, 6.45) is 4.67. The van der Waals surface area contributed by atoms with Gasteiger partial charge in [-0.1, -0.05) is 12.2 Å². The molecule has 120 valence electrons. The molecule has 0 unspecified atom stereocenters. The molecule has 1 aromatic rings. The van der Waals surface area contributed by atoms with Crippen LogP contribution in [0.5, 0.6) is 0 Å². The van der Waals surface area contributed by atoms with Crippen molar-refractivity contribution in [3.8, 4) is 0 Å². The van der Waals surface area contributed by atoms with Gasteiger partial charge in [0.2, 0.25) is 17.7 Å². The van der Waals surface area contributed by atoms with Crippen LogP contribution in [-0.4, -0.2) is 29.2 Å². The predicted octanol–water partition coefficient (Wildman–Crippen LogP) is 1.85. The maximum absolute atomic E-state index is 13.5. The van der Waals surface area contributed by atoms with E-state index in [0.717, 1.165) is 17.0 Å². The Labute approximate surface area is 131 Å². The van der Waals surface area contributed by atoms with E-state index in [2.05, 4.69) is 5.32 Å². The lowest BCUT2D eigenvalue weighted by atomic mass is 9.85. The van der Waals surface area contributed by atoms with Crippen molar-refractivity contribution in [2.75, 3.05) is 11.9 Å². The fourth-order valence-electron chi connectivity index (χ4n) is 2.95. The molecular weight excluding hydrogens is 306 g/mol. The van der Waals surface area contributed by atoms with Crippen molar-refractivity contribution in [1.82, 2.24) is 4.90 Å². The molecule has 7 heteroatoms. The number of carbonyl (C=O) groups is 3. The summed E-state index contributed by atoms with van der Waals surface area (Å²) >= 11 is 0. The number of benzene rings is 1. The highest BCUT2D eigenvalue weighted by Gasteiger charge is 2.47. The van der Waals surface area contributed by atoms with Crippen molar-refractivity contribution >= 4 is 23.4 Å². The van der Waals surface area contributed by atoms with Crippen LogP contribution in [0.15, 0.2) is 30.4 Å². The number of amides is 3. The highest BCUT2D eigenvalue weighted by molar-refractivity contribution is 6.08. The summed E-state index contributed by atoms with van der Waals surface area (Å²) in [5.41, 5.74) is -0.199. The van der Waals surface area contributed by atoms with E-state index in [4.69, 9.17) is 0 Å². The van der Waals surface area contributed by atoms with Crippen molar-refractivity contribution < 1.29 is 23.2 Å². The number of allylic oxidation sites excluding steroid dienone is 2. The number of rotatable bonds is 3. The molecule has 3 rings (SSSR count).